The largest absolute Gasteiger partial charge is 0.393 e. The topological polar surface area (TPSA) is 23.5 Å². The van der Waals surface area contributed by atoms with Crippen LogP contribution < -0.4 is 0 Å². The fraction of sp³-hybridized carbons (Fsp3) is 1.00. The number of rotatable bonds is 4. The summed E-state index contributed by atoms with van der Waals surface area (Å²) in [6.45, 7) is 9.12. The molecule has 0 radical (unpaired) electrons. The minimum Gasteiger partial charge on any atom is -0.393 e. The maximum atomic E-state index is 10.2. The predicted octanol–water partition coefficient (Wildman–Crippen LogP) is 2.51. The van der Waals surface area contributed by atoms with Crippen molar-refractivity contribution in [3.63, 3.8) is 0 Å². The minimum atomic E-state index is -0.0634. The second-order valence-corrected chi connectivity index (χ2v) is 6.10. The molecule has 4 unspecified atom stereocenters. The first-order valence-electron chi connectivity index (χ1n) is 7.04. The van der Waals surface area contributed by atoms with Gasteiger partial charge in [0.2, 0.25) is 0 Å². The molecule has 0 aromatic carbocycles. The van der Waals surface area contributed by atoms with Gasteiger partial charge in [-0.05, 0) is 44.1 Å². The van der Waals surface area contributed by atoms with Gasteiger partial charge in [-0.15, -0.1) is 0 Å². The van der Waals surface area contributed by atoms with Gasteiger partial charge in [-0.1, -0.05) is 20.8 Å². The smallest absolute Gasteiger partial charge is 0.0585 e. The van der Waals surface area contributed by atoms with Gasteiger partial charge in [-0.25, -0.2) is 0 Å². The molecule has 2 fully saturated rings. The van der Waals surface area contributed by atoms with Crippen LogP contribution in [0.25, 0.3) is 0 Å². The van der Waals surface area contributed by atoms with Crippen LogP contribution in [0.2, 0.25) is 0 Å². The third-order valence-corrected chi connectivity index (χ3v) is 4.56. The lowest BCUT2D eigenvalue weighted by Gasteiger charge is -2.39. The van der Waals surface area contributed by atoms with Gasteiger partial charge >= 0.3 is 0 Å². The number of aliphatic hydroxyl groups excluding tert-OH is 1. The Kier molecular flexibility index (Phi) is 3.91. The fourth-order valence-electron chi connectivity index (χ4n) is 3.42. The summed E-state index contributed by atoms with van der Waals surface area (Å²) in [7, 11) is 0. The van der Waals surface area contributed by atoms with Gasteiger partial charge in [0, 0.05) is 18.5 Å². The molecule has 0 aliphatic heterocycles. The molecule has 94 valence electrons. The van der Waals surface area contributed by atoms with E-state index in [-0.39, 0.29) is 6.10 Å². The molecule has 1 N–H and O–H groups in total. The summed E-state index contributed by atoms with van der Waals surface area (Å²) < 4.78 is 0. The van der Waals surface area contributed by atoms with Crippen molar-refractivity contribution >= 4 is 0 Å². The Balaban J connectivity index is 1.91. The molecule has 2 aliphatic rings. The van der Waals surface area contributed by atoms with E-state index in [1.165, 1.54) is 19.3 Å². The van der Waals surface area contributed by atoms with Crippen molar-refractivity contribution in [1.29, 1.82) is 0 Å². The first-order chi connectivity index (χ1) is 7.61. The van der Waals surface area contributed by atoms with Crippen LogP contribution in [0.15, 0.2) is 0 Å². The first-order valence-corrected chi connectivity index (χ1v) is 7.04. The molecule has 2 aliphatic carbocycles. The Morgan fingerprint density at radius 2 is 1.88 bits per heavy atom. The molecule has 4 atom stereocenters. The van der Waals surface area contributed by atoms with Crippen molar-refractivity contribution < 1.29 is 5.11 Å². The summed E-state index contributed by atoms with van der Waals surface area (Å²) in [5.74, 6) is 1.90. The molecule has 16 heavy (non-hydrogen) atoms. The average molecular weight is 225 g/mol. The van der Waals surface area contributed by atoms with Crippen molar-refractivity contribution in [2.75, 3.05) is 13.1 Å². The van der Waals surface area contributed by atoms with Gasteiger partial charge in [0.1, 0.15) is 0 Å². The summed E-state index contributed by atoms with van der Waals surface area (Å²) in [5, 5.41) is 10.2. The van der Waals surface area contributed by atoms with Gasteiger partial charge < -0.3 is 10.0 Å². The van der Waals surface area contributed by atoms with Crippen molar-refractivity contribution in [3.8, 4) is 0 Å². The van der Waals surface area contributed by atoms with E-state index in [1.807, 2.05) is 0 Å². The summed E-state index contributed by atoms with van der Waals surface area (Å²) in [4.78, 5) is 2.58. The van der Waals surface area contributed by atoms with E-state index in [9.17, 15) is 5.11 Å². The molecule has 2 rings (SSSR count). The summed E-state index contributed by atoms with van der Waals surface area (Å²) >= 11 is 0. The molecule has 0 bridgehead atoms. The number of nitrogens with zero attached hydrogens (tertiary/aromatic N) is 1. The van der Waals surface area contributed by atoms with Crippen molar-refractivity contribution in [1.82, 2.24) is 4.90 Å². The number of hydrogen-bond donors (Lipinski definition) is 1. The molecule has 0 spiro atoms. The molecule has 0 saturated heterocycles. The average Bonchev–Trinajstić information content (AvgIpc) is 3.00. The number of hydrogen-bond acceptors (Lipinski definition) is 2. The molecule has 0 heterocycles. The van der Waals surface area contributed by atoms with Gasteiger partial charge in [-0.2, -0.15) is 0 Å². The zero-order valence-electron chi connectivity index (χ0n) is 11.0. The SMILES string of the molecule is CCN(CC1C(C)CC(C)CC1O)C1CC1. The zero-order valence-corrected chi connectivity index (χ0v) is 11.0. The zero-order chi connectivity index (χ0) is 11.7. The highest BCUT2D eigenvalue weighted by Gasteiger charge is 2.36. The van der Waals surface area contributed by atoms with E-state index >= 15 is 0 Å². The molecular formula is C14H27NO. The summed E-state index contributed by atoms with van der Waals surface area (Å²) in [5.41, 5.74) is 0. The normalized spacial score (nSPS) is 40.3. The van der Waals surface area contributed by atoms with E-state index in [0.717, 1.165) is 25.6 Å². The van der Waals surface area contributed by atoms with Gasteiger partial charge in [0.25, 0.3) is 0 Å². The van der Waals surface area contributed by atoms with Gasteiger partial charge in [-0.3, -0.25) is 0 Å². The molecule has 0 amide bonds. The van der Waals surface area contributed by atoms with Crippen LogP contribution in [0, 0.1) is 17.8 Å². The van der Waals surface area contributed by atoms with Crippen LogP contribution in [-0.4, -0.2) is 35.2 Å². The summed E-state index contributed by atoms with van der Waals surface area (Å²) in [6.07, 6.45) is 5.00. The Hall–Kier alpha value is -0.0800. The van der Waals surface area contributed by atoms with Crippen LogP contribution >= 0.6 is 0 Å². The first kappa shape index (κ1) is 12.4. The predicted molar refractivity (Wildman–Crippen MR) is 67.3 cm³/mol. The van der Waals surface area contributed by atoms with E-state index in [1.54, 1.807) is 0 Å². The molecule has 0 aromatic heterocycles. The highest BCUT2D eigenvalue weighted by Crippen LogP contribution is 2.36. The summed E-state index contributed by atoms with van der Waals surface area (Å²) in [6, 6.07) is 0.837. The third kappa shape index (κ3) is 2.78. The Morgan fingerprint density at radius 1 is 1.19 bits per heavy atom. The van der Waals surface area contributed by atoms with Gasteiger partial charge in [0.05, 0.1) is 6.10 Å². The van der Waals surface area contributed by atoms with Crippen LogP contribution in [0.5, 0.6) is 0 Å². The van der Waals surface area contributed by atoms with E-state index in [4.69, 9.17) is 0 Å². The van der Waals surface area contributed by atoms with Crippen molar-refractivity contribution in [2.45, 2.75) is 58.6 Å². The third-order valence-electron chi connectivity index (χ3n) is 4.56. The van der Waals surface area contributed by atoms with Crippen LogP contribution in [-0.2, 0) is 0 Å². The Bertz CT molecular complexity index is 215. The lowest BCUT2D eigenvalue weighted by Crippen LogP contribution is -2.43. The van der Waals surface area contributed by atoms with Gasteiger partial charge in [0.15, 0.2) is 0 Å². The second kappa shape index (κ2) is 5.05. The molecule has 2 heteroatoms. The van der Waals surface area contributed by atoms with E-state index in [0.29, 0.717) is 17.8 Å². The Morgan fingerprint density at radius 3 is 2.38 bits per heavy atom. The van der Waals surface area contributed by atoms with E-state index in [2.05, 4.69) is 25.7 Å². The maximum Gasteiger partial charge on any atom is 0.0585 e. The highest BCUT2D eigenvalue weighted by atomic mass is 16.3. The van der Waals surface area contributed by atoms with Crippen LogP contribution in [0.1, 0.15) is 46.5 Å². The maximum absolute atomic E-state index is 10.2. The minimum absolute atomic E-state index is 0.0634. The quantitative estimate of drug-likeness (QED) is 0.794. The van der Waals surface area contributed by atoms with Crippen LogP contribution in [0.4, 0.5) is 0 Å². The molecule has 0 aromatic rings. The van der Waals surface area contributed by atoms with E-state index < -0.39 is 0 Å². The number of aliphatic hydroxyl groups is 1. The van der Waals surface area contributed by atoms with Crippen LogP contribution in [0.3, 0.4) is 0 Å². The Labute approximate surface area is 100 Å². The monoisotopic (exact) mass is 225 g/mol. The standard InChI is InChI=1S/C14H27NO/c1-4-15(12-5-6-12)9-13-11(3)7-10(2)8-14(13)16/h10-14,16H,4-9H2,1-3H3. The molecule has 2 saturated carbocycles. The lowest BCUT2D eigenvalue weighted by molar-refractivity contribution is -0.00252. The highest BCUT2D eigenvalue weighted by molar-refractivity contribution is 4.89. The molecule has 2 nitrogen and oxygen atoms in total. The second-order valence-electron chi connectivity index (χ2n) is 6.10. The van der Waals surface area contributed by atoms with Crippen molar-refractivity contribution in [3.05, 3.63) is 0 Å². The fourth-order valence-corrected chi connectivity index (χ4v) is 3.42. The lowest BCUT2D eigenvalue weighted by atomic mass is 9.73. The van der Waals surface area contributed by atoms with Crippen molar-refractivity contribution in [2.24, 2.45) is 17.8 Å². The molecular weight excluding hydrogens is 198 g/mol.